The van der Waals surface area contributed by atoms with Gasteiger partial charge in [-0.15, -0.1) is 0 Å². The lowest BCUT2D eigenvalue weighted by molar-refractivity contribution is -0.00259. The molecule has 2 atom stereocenters. The fourth-order valence-electron chi connectivity index (χ4n) is 2.40. The van der Waals surface area contributed by atoms with E-state index in [0.717, 1.165) is 31.4 Å². The van der Waals surface area contributed by atoms with Crippen LogP contribution >= 0.6 is 0 Å². The maximum Gasteiger partial charge on any atom is 0.105 e. The van der Waals surface area contributed by atoms with Crippen molar-refractivity contribution in [3.05, 3.63) is 35.4 Å². The number of rotatable bonds is 4. The van der Waals surface area contributed by atoms with Gasteiger partial charge in [0.1, 0.15) is 6.10 Å². The zero-order valence-corrected chi connectivity index (χ0v) is 11.6. The van der Waals surface area contributed by atoms with Gasteiger partial charge in [0, 0.05) is 6.61 Å². The highest BCUT2D eigenvalue weighted by atomic mass is 16.5. The third-order valence-electron chi connectivity index (χ3n) is 4.23. The van der Waals surface area contributed by atoms with Crippen molar-refractivity contribution in [1.82, 2.24) is 0 Å². The van der Waals surface area contributed by atoms with Gasteiger partial charge in [-0.1, -0.05) is 45.0 Å². The van der Waals surface area contributed by atoms with E-state index < -0.39 is 6.10 Å². The van der Waals surface area contributed by atoms with Crippen LogP contribution in [0.15, 0.2) is 24.3 Å². The molecule has 0 spiro atoms. The fraction of sp³-hybridized carbons (Fsp3) is 0.625. The lowest BCUT2D eigenvalue weighted by Gasteiger charge is -2.24. The molecule has 0 aromatic heterocycles. The van der Waals surface area contributed by atoms with Gasteiger partial charge < -0.3 is 9.84 Å². The summed E-state index contributed by atoms with van der Waals surface area (Å²) in [6.45, 7) is 7.48. The Morgan fingerprint density at radius 2 is 2.00 bits per heavy atom. The summed E-state index contributed by atoms with van der Waals surface area (Å²) in [5.41, 5.74) is 2.50. The van der Waals surface area contributed by atoms with Gasteiger partial charge in [-0.2, -0.15) is 0 Å². The lowest BCUT2D eigenvalue weighted by atomic mass is 9.82. The quantitative estimate of drug-likeness (QED) is 0.882. The first-order valence-electron chi connectivity index (χ1n) is 6.94. The van der Waals surface area contributed by atoms with Crippen molar-refractivity contribution in [1.29, 1.82) is 0 Å². The topological polar surface area (TPSA) is 29.5 Å². The van der Waals surface area contributed by atoms with E-state index in [1.807, 2.05) is 12.1 Å². The van der Waals surface area contributed by atoms with Gasteiger partial charge in [0.05, 0.1) is 6.10 Å². The van der Waals surface area contributed by atoms with Crippen molar-refractivity contribution < 1.29 is 9.84 Å². The van der Waals surface area contributed by atoms with Gasteiger partial charge in [-0.25, -0.2) is 0 Å². The van der Waals surface area contributed by atoms with Gasteiger partial charge in [-0.3, -0.25) is 0 Å². The van der Waals surface area contributed by atoms with E-state index in [4.69, 9.17) is 4.74 Å². The maximum atomic E-state index is 10.2. The third-order valence-corrected chi connectivity index (χ3v) is 4.23. The Bertz CT molecular complexity index is 375. The molecule has 1 N–H and O–H groups in total. The molecular formula is C16H24O2. The van der Waals surface area contributed by atoms with E-state index in [2.05, 4.69) is 32.9 Å². The molecule has 0 amide bonds. The van der Waals surface area contributed by atoms with Crippen molar-refractivity contribution >= 4 is 0 Å². The molecule has 0 saturated carbocycles. The van der Waals surface area contributed by atoms with Gasteiger partial charge in [0.25, 0.3) is 0 Å². The molecule has 2 nitrogen and oxygen atoms in total. The smallest absolute Gasteiger partial charge is 0.105 e. The largest absolute Gasteiger partial charge is 0.386 e. The monoisotopic (exact) mass is 248 g/mol. The second kappa shape index (κ2) is 5.41. The summed E-state index contributed by atoms with van der Waals surface area (Å²) in [5.74, 6) is 0. The van der Waals surface area contributed by atoms with Crippen LogP contribution < -0.4 is 0 Å². The van der Waals surface area contributed by atoms with Crippen LogP contribution in [0.25, 0.3) is 0 Å². The number of hydrogen-bond donors (Lipinski definition) is 1. The summed E-state index contributed by atoms with van der Waals surface area (Å²) in [4.78, 5) is 0. The van der Waals surface area contributed by atoms with Gasteiger partial charge in [0.15, 0.2) is 0 Å². The SMILES string of the molecule is CCC(C)(C)c1ccc(C(O)C2CCCO2)cc1. The molecule has 1 aromatic rings. The molecule has 0 radical (unpaired) electrons. The van der Waals surface area contributed by atoms with E-state index in [1.54, 1.807) is 0 Å². The molecule has 100 valence electrons. The minimum atomic E-state index is -0.480. The predicted molar refractivity (Wildman–Crippen MR) is 73.7 cm³/mol. The summed E-state index contributed by atoms with van der Waals surface area (Å²) >= 11 is 0. The summed E-state index contributed by atoms with van der Waals surface area (Å²) < 4.78 is 5.54. The molecule has 1 aliphatic rings. The maximum absolute atomic E-state index is 10.2. The van der Waals surface area contributed by atoms with Crippen LogP contribution in [0, 0.1) is 0 Å². The molecule has 2 heteroatoms. The van der Waals surface area contributed by atoms with Crippen LogP contribution in [0.2, 0.25) is 0 Å². The van der Waals surface area contributed by atoms with Crippen molar-refractivity contribution in [3.63, 3.8) is 0 Å². The lowest BCUT2D eigenvalue weighted by Crippen LogP contribution is -2.18. The molecule has 1 heterocycles. The van der Waals surface area contributed by atoms with Crippen LogP contribution in [-0.4, -0.2) is 17.8 Å². The van der Waals surface area contributed by atoms with E-state index in [1.165, 1.54) is 5.56 Å². The highest BCUT2D eigenvalue weighted by Gasteiger charge is 2.26. The van der Waals surface area contributed by atoms with E-state index in [-0.39, 0.29) is 11.5 Å². The molecule has 0 bridgehead atoms. The van der Waals surface area contributed by atoms with Crippen molar-refractivity contribution in [2.24, 2.45) is 0 Å². The van der Waals surface area contributed by atoms with Gasteiger partial charge >= 0.3 is 0 Å². The van der Waals surface area contributed by atoms with Crippen LogP contribution in [0.1, 0.15) is 57.3 Å². The van der Waals surface area contributed by atoms with Crippen molar-refractivity contribution in [3.8, 4) is 0 Å². The zero-order chi connectivity index (χ0) is 13.2. The first-order valence-corrected chi connectivity index (χ1v) is 6.94. The van der Waals surface area contributed by atoms with Crippen molar-refractivity contribution in [2.45, 2.75) is 57.7 Å². The molecule has 2 rings (SSSR count). The summed E-state index contributed by atoms with van der Waals surface area (Å²) in [7, 11) is 0. The van der Waals surface area contributed by atoms with Crippen LogP contribution in [0.3, 0.4) is 0 Å². The summed E-state index contributed by atoms with van der Waals surface area (Å²) in [5, 5.41) is 10.2. The number of benzene rings is 1. The molecule has 18 heavy (non-hydrogen) atoms. The second-order valence-corrected chi connectivity index (χ2v) is 5.86. The average Bonchev–Trinajstić information content (AvgIpc) is 2.92. The van der Waals surface area contributed by atoms with Crippen LogP contribution in [-0.2, 0) is 10.2 Å². The van der Waals surface area contributed by atoms with E-state index in [9.17, 15) is 5.11 Å². The normalized spacial score (nSPS) is 22.1. The first kappa shape index (κ1) is 13.6. The van der Waals surface area contributed by atoms with Gasteiger partial charge in [-0.05, 0) is 35.8 Å². The highest BCUT2D eigenvalue weighted by molar-refractivity contribution is 5.29. The van der Waals surface area contributed by atoms with Gasteiger partial charge in [0.2, 0.25) is 0 Å². The minimum absolute atomic E-state index is 0.0185. The second-order valence-electron chi connectivity index (χ2n) is 5.86. The Labute approximate surface area is 110 Å². The van der Waals surface area contributed by atoms with Crippen LogP contribution in [0.4, 0.5) is 0 Å². The molecule has 1 aromatic carbocycles. The number of hydrogen-bond acceptors (Lipinski definition) is 2. The number of aliphatic hydroxyl groups is 1. The minimum Gasteiger partial charge on any atom is -0.386 e. The van der Waals surface area contributed by atoms with E-state index >= 15 is 0 Å². The summed E-state index contributed by atoms with van der Waals surface area (Å²) in [6, 6.07) is 8.35. The molecule has 0 aliphatic carbocycles. The van der Waals surface area contributed by atoms with Crippen LogP contribution in [0.5, 0.6) is 0 Å². The number of aliphatic hydroxyl groups excluding tert-OH is 1. The molecule has 1 aliphatic heterocycles. The zero-order valence-electron chi connectivity index (χ0n) is 11.6. The molecular weight excluding hydrogens is 224 g/mol. The third kappa shape index (κ3) is 2.76. The van der Waals surface area contributed by atoms with E-state index in [0.29, 0.717) is 0 Å². The molecule has 2 unspecified atom stereocenters. The standard InChI is InChI=1S/C16H24O2/c1-4-16(2,3)13-9-7-12(8-10-13)15(17)14-6-5-11-18-14/h7-10,14-15,17H,4-6,11H2,1-3H3. The Balaban J connectivity index is 2.12. The average molecular weight is 248 g/mol. The fourth-order valence-corrected chi connectivity index (χ4v) is 2.40. The van der Waals surface area contributed by atoms with Crippen molar-refractivity contribution in [2.75, 3.05) is 6.61 Å². The first-order chi connectivity index (χ1) is 8.54. The highest BCUT2D eigenvalue weighted by Crippen LogP contribution is 2.30. The predicted octanol–water partition coefficient (Wildman–Crippen LogP) is 3.59. The molecule has 1 saturated heterocycles. The Hall–Kier alpha value is -0.860. The number of ether oxygens (including phenoxy) is 1. The Morgan fingerprint density at radius 3 is 2.50 bits per heavy atom. The molecule has 1 fully saturated rings. The Kier molecular flexibility index (Phi) is 4.08. The summed E-state index contributed by atoms with van der Waals surface area (Å²) in [6.07, 6.45) is 2.63. The Morgan fingerprint density at radius 1 is 1.33 bits per heavy atom.